The second-order valence-corrected chi connectivity index (χ2v) is 8.31. The first kappa shape index (κ1) is 22.9. The number of nitrogens with one attached hydrogen (secondary N) is 2. The van der Waals surface area contributed by atoms with Gasteiger partial charge < -0.3 is 14.8 Å². The van der Waals surface area contributed by atoms with E-state index in [2.05, 4.69) is 10.0 Å². The number of methoxy groups -OCH3 is 1. The van der Waals surface area contributed by atoms with Crippen molar-refractivity contribution in [2.45, 2.75) is 11.8 Å². The zero-order valence-electron chi connectivity index (χ0n) is 17.7. The molecule has 8 heteroatoms. The van der Waals surface area contributed by atoms with E-state index in [1.807, 2.05) is 37.3 Å². The first-order chi connectivity index (χ1) is 15.4. The molecule has 3 aromatic carbocycles. The van der Waals surface area contributed by atoms with Gasteiger partial charge in [0.15, 0.2) is 0 Å². The number of anilines is 2. The van der Waals surface area contributed by atoms with E-state index in [0.29, 0.717) is 23.7 Å². The Bertz CT molecular complexity index is 1190. The van der Waals surface area contributed by atoms with Gasteiger partial charge in [0.05, 0.1) is 13.7 Å². The summed E-state index contributed by atoms with van der Waals surface area (Å²) in [5.74, 6) is 0.407. The predicted molar refractivity (Wildman–Crippen MR) is 126 cm³/mol. The summed E-state index contributed by atoms with van der Waals surface area (Å²) < 4.78 is 39.1. The molecule has 0 aromatic heterocycles. The number of rotatable bonds is 9. The molecule has 3 aromatic rings. The molecular weight excluding hydrogens is 428 g/mol. The van der Waals surface area contributed by atoms with Gasteiger partial charge in [0.2, 0.25) is 5.91 Å². The summed E-state index contributed by atoms with van der Waals surface area (Å²) in [5, 5.41) is 2.67. The van der Waals surface area contributed by atoms with Gasteiger partial charge in [-0.15, -0.1) is 0 Å². The van der Waals surface area contributed by atoms with E-state index in [0.717, 1.165) is 5.56 Å². The number of hydrogen-bond donors (Lipinski definition) is 2. The van der Waals surface area contributed by atoms with Crippen molar-refractivity contribution in [3.63, 3.8) is 0 Å². The lowest BCUT2D eigenvalue weighted by Gasteiger charge is -2.14. The highest BCUT2D eigenvalue weighted by atomic mass is 32.2. The monoisotopic (exact) mass is 452 g/mol. The summed E-state index contributed by atoms with van der Waals surface area (Å²) in [6, 6.07) is 20.3. The number of amides is 1. The highest BCUT2D eigenvalue weighted by Gasteiger charge is 2.21. The van der Waals surface area contributed by atoms with Crippen molar-refractivity contribution >= 4 is 33.4 Å². The molecule has 166 valence electrons. The summed E-state index contributed by atoms with van der Waals surface area (Å²) in [5.41, 5.74) is 1.57. The molecule has 3 rings (SSSR count). The summed E-state index contributed by atoms with van der Waals surface area (Å²) >= 11 is 0. The maximum atomic E-state index is 13.0. The van der Waals surface area contributed by atoms with Gasteiger partial charge in [-0.05, 0) is 61.0 Å². The van der Waals surface area contributed by atoms with Crippen LogP contribution >= 0.6 is 0 Å². The number of carbonyl (C=O) groups excluding carboxylic acids is 1. The SMILES string of the molecule is CCOc1ccc(NS(=O)(=O)c2cc(NC(=O)/C=C/c3ccccc3)ccc2OC)cc1. The smallest absolute Gasteiger partial charge is 0.265 e. The van der Waals surface area contributed by atoms with Crippen molar-refractivity contribution in [3.8, 4) is 11.5 Å². The number of ether oxygens (including phenoxy) is 2. The molecule has 0 fully saturated rings. The van der Waals surface area contributed by atoms with E-state index in [-0.39, 0.29) is 16.6 Å². The molecule has 0 aliphatic heterocycles. The fraction of sp³-hybridized carbons (Fsp3) is 0.125. The first-order valence-electron chi connectivity index (χ1n) is 9.89. The normalized spacial score (nSPS) is 11.2. The largest absolute Gasteiger partial charge is 0.495 e. The molecule has 0 spiro atoms. The first-order valence-corrected chi connectivity index (χ1v) is 11.4. The van der Waals surface area contributed by atoms with Crippen molar-refractivity contribution < 1.29 is 22.7 Å². The Morgan fingerprint density at radius 1 is 0.969 bits per heavy atom. The Morgan fingerprint density at radius 2 is 1.66 bits per heavy atom. The molecule has 7 nitrogen and oxygen atoms in total. The third-order valence-corrected chi connectivity index (χ3v) is 5.77. The van der Waals surface area contributed by atoms with Crippen LogP contribution in [0.2, 0.25) is 0 Å². The van der Waals surface area contributed by atoms with Crippen LogP contribution in [0.3, 0.4) is 0 Å². The zero-order valence-corrected chi connectivity index (χ0v) is 18.6. The average molecular weight is 453 g/mol. The molecular formula is C24H24N2O5S. The van der Waals surface area contributed by atoms with E-state index in [1.54, 1.807) is 36.4 Å². The zero-order chi connectivity index (χ0) is 23.0. The van der Waals surface area contributed by atoms with E-state index < -0.39 is 10.0 Å². The average Bonchev–Trinajstić information content (AvgIpc) is 2.80. The highest BCUT2D eigenvalue weighted by Crippen LogP contribution is 2.29. The summed E-state index contributed by atoms with van der Waals surface area (Å²) in [6.45, 7) is 2.38. The van der Waals surface area contributed by atoms with Crippen LogP contribution in [-0.2, 0) is 14.8 Å². The van der Waals surface area contributed by atoms with Crippen LogP contribution in [0, 0.1) is 0 Å². The Morgan fingerprint density at radius 3 is 2.31 bits per heavy atom. The van der Waals surface area contributed by atoms with Gasteiger partial charge in [-0.3, -0.25) is 9.52 Å². The van der Waals surface area contributed by atoms with Crippen molar-refractivity contribution in [1.29, 1.82) is 0 Å². The Kier molecular flexibility index (Phi) is 7.51. The van der Waals surface area contributed by atoms with E-state index in [1.165, 1.54) is 25.3 Å². The van der Waals surface area contributed by atoms with E-state index in [4.69, 9.17) is 9.47 Å². The Hall–Kier alpha value is -3.78. The Labute approximate surface area is 187 Å². The lowest BCUT2D eigenvalue weighted by molar-refractivity contribution is -0.111. The van der Waals surface area contributed by atoms with Gasteiger partial charge in [-0.1, -0.05) is 30.3 Å². The standard InChI is InChI=1S/C24H24N2O5S/c1-3-31-21-13-10-19(11-14-21)26-32(28,29)23-17-20(12-15-22(23)30-2)25-24(27)16-9-18-7-5-4-6-8-18/h4-17,26H,3H2,1-2H3,(H,25,27)/b16-9+. The molecule has 0 saturated heterocycles. The Balaban J connectivity index is 1.78. The van der Waals surface area contributed by atoms with Crippen LogP contribution < -0.4 is 19.5 Å². The highest BCUT2D eigenvalue weighted by molar-refractivity contribution is 7.92. The minimum absolute atomic E-state index is 0.0984. The topological polar surface area (TPSA) is 93.7 Å². The van der Waals surface area contributed by atoms with Crippen LogP contribution in [-0.4, -0.2) is 28.0 Å². The third kappa shape index (κ3) is 6.12. The summed E-state index contributed by atoms with van der Waals surface area (Å²) in [6.07, 6.45) is 3.05. The van der Waals surface area contributed by atoms with Gasteiger partial charge in [0, 0.05) is 17.5 Å². The second-order valence-electron chi connectivity index (χ2n) is 6.66. The fourth-order valence-electron chi connectivity index (χ4n) is 2.88. The quantitative estimate of drug-likeness (QED) is 0.465. The van der Waals surface area contributed by atoms with Crippen molar-refractivity contribution in [2.75, 3.05) is 23.8 Å². The molecule has 0 aliphatic rings. The van der Waals surface area contributed by atoms with Gasteiger partial charge in [0.1, 0.15) is 16.4 Å². The molecule has 1 amide bonds. The minimum Gasteiger partial charge on any atom is -0.495 e. The lowest BCUT2D eigenvalue weighted by atomic mass is 10.2. The van der Waals surface area contributed by atoms with Crippen LogP contribution in [0.5, 0.6) is 11.5 Å². The van der Waals surface area contributed by atoms with Gasteiger partial charge >= 0.3 is 0 Å². The summed E-state index contributed by atoms with van der Waals surface area (Å²) in [7, 11) is -2.60. The number of benzene rings is 3. The molecule has 0 atom stereocenters. The van der Waals surface area contributed by atoms with Crippen LogP contribution in [0.15, 0.2) is 83.8 Å². The maximum absolute atomic E-state index is 13.0. The van der Waals surface area contributed by atoms with Gasteiger partial charge in [-0.2, -0.15) is 0 Å². The van der Waals surface area contributed by atoms with Crippen LogP contribution in [0.1, 0.15) is 12.5 Å². The molecule has 0 bridgehead atoms. The second kappa shape index (κ2) is 10.5. The lowest BCUT2D eigenvalue weighted by Crippen LogP contribution is -2.15. The molecule has 2 N–H and O–H groups in total. The number of carbonyl (C=O) groups is 1. The molecule has 0 unspecified atom stereocenters. The molecule has 0 saturated carbocycles. The number of sulfonamides is 1. The van der Waals surface area contributed by atoms with Crippen LogP contribution in [0.4, 0.5) is 11.4 Å². The molecule has 0 aliphatic carbocycles. The van der Waals surface area contributed by atoms with Gasteiger partial charge in [-0.25, -0.2) is 8.42 Å². The van der Waals surface area contributed by atoms with Crippen molar-refractivity contribution in [2.24, 2.45) is 0 Å². The fourth-order valence-corrected chi connectivity index (χ4v) is 4.14. The van der Waals surface area contributed by atoms with Gasteiger partial charge in [0.25, 0.3) is 10.0 Å². The minimum atomic E-state index is -3.98. The van der Waals surface area contributed by atoms with E-state index >= 15 is 0 Å². The molecule has 0 radical (unpaired) electrons. The third-order valence-electron chi connectivity index (χ3n) is 4.36. The van der Waals surface area contributed by atoms with Crippen LogP contribution in [0.25, 0.3) is 6.08 Å². The van der Waals surface area contributed by atoms with Crippen molar-refractivity contribution in [1.82, 2.24) is 0 Å². The molecule has 0 heterocycles. The van der Waals surface area contributed by atoms with Crippen molar-refractivity contribution in [3.05, 3.63) is 84.4 Å². The molecule has 32 heavy (non-hydrogen) atoms. The van der Waals surface area contributed by atoms with E-state index in [9.17, 15) is 13.2 Å². The maximum Gasteiger partial charge on any atom is 0.265 e. The predicted octanol–water partition coefficient (Wildman–Crippen LogP) is 4.55. The number of hydrogen-bond acceptors (Lipinski definition) is 5. The summed E-state index contributed by atoms with van der Waals surface area (Å²) in [4.78, 5) is 12.2.